The highest BCUT2D eigenvalue weighted by Gasteiger charge is 2.22. The minimum atomic E-state index is 0.134. The second kappa shape index (κ2) is 5.77. The van der Waals surface area contributed by atoms with Crippen molar-refractivity contribution in [2.45, 2.75) is 19.8 Å². The Hall–Kier alpha value is -1.42. The van der Waals surface area contributed by atoms with Crippen molar-refractivity contribution in [1.82, 2.24) is 10.3 Å². The van der Waals surface area contributed by atoms with Crippen molar-refractivity contribution in [2.75, 3.05) is 19.7 Å². The Morgan fingerprint density at radius 2 is 2.24 bits per heavy atom. The molecule has 0 spiro atoms. The minimum absolute atomic E-state index is 0.134. The first-order valence-corrected chi connectivity index (χ1v) is 6.14. The van der Waals surface area contributed by atoms with Crippen LogP contribution in [0.15, 0.2) is 18.5 Å². The Morgan fingerprint density at radius 3 is 2.94 bits per heavy atom. The smallest absolute Gasteiger partial charge is 0.167 e. The summed E-state index contributed by atoms with van der Waals surface area (Å²) in [5.41, 5.74) is 0.669. The van der Waals surface area contributed by atoms with Crippen LogP contribution in [0.4, 0.5) is 0 Å². The number of piperidine rings is 1. The van der Waals surface area contributed by atoms with E-state index in [0.29, 0.717) is 17.9 Å². The van der Waals surface area contributed by atoms with Gasteiger partial charge in [-0.25, -0.2) is 0 Å². The molecule has 1 aromatic rings. The van der Waals surface area contributed by atoms with Gasteiger partial charge in [-0.2, -0.15) is 0 Å². The lowest BCUT2D eigenvalue weighted by atomic mass is 9.90. The molecule has 0 amide bonds. The first-order chi connectivity index (χ1) is 8.31. The number of carbonyl (C=O) groups is 1. The normalized spacial score (nSPS) is 16.8. The maximum atomic E-state index is 12.2. The summed E-state index contributed by atoms with van der Waals surface area (Å²) in [6, 6.07) is 1.79. The minimum Gasteiger partial charge on any atom is -0.492 e. The van der Waals surface area contributed by atoms with Crippen LogP contribution in [0.3, 0.4) is 0 Å². The second-order valence-electron chi connectivity index (χ2n) is 4.23. The number of nitrogens with zero attached hydrogens (tertiary/aromatic N) is 1. The molecule has 0 aromatic carbocycles. The summed E-state index contributed by atoms with van der Waals surface area (Å²) in [5.74, 6) is 1.00. The molecule has 1 fully saturated rings. The average Bonchev–Trinajstić information content (AvgIpc) is 2.40. The van der Waals surface area contributed by atoms with Gasteiger partial charge in [-0.15, -0.1) is 0 Å². The van der Waals surface area contributed by atoms with Gasteiger partial charge in [0.2, 0.25) is 0 Å². The molecule has 1 aliphatic heterocycles. The molecule has 92 valence electrons. The highest BCUT2D eigenvalue weighted by Crippen LogP contribution is 2.20. The van der Waals surface area contributed by atoms with Crippen molar-refractivity contribution in [3.05, 3.63) is 24.0 Å². The molecule has 0 bridgehead atoms. The van der Waals surface area contributed by atoms with Crippen LogP contribution in [0.2, 0.25) is 0 Å². The fourth-order valence-corrected chi connectivity index (χ4v) is 2.12. The molecule has 17 heavy (non-hydrogen) atoms. The first-order valence-electron chi connectivity index (χ1n) is 6.14. The topological polar surface area (TPSA) is 51.2 Å². The van der Waals surface area contributed by atoms with Gasteiger partial charge < -0.3 is 10.1 Å². The van der Waals surface area contributed by atoms with Crippen molar-refractivity contribution < 1.29 is 9.53 Å². The van der Waals surface area contributed by atoms with E-state index < -0.39 is 0 Å². The molecule has 4 heteroatoms. The van der Waals surface area contributed by atoms with Crippen LogP contribution in [0.5, 0.6) is 5.75 Å². The fraction of sp³-hybridized carbons (Fsp3) is 0.538. The molecule has 2 rings (SSSR count). The van der Waals surface area contributed by atoms with E-state index >= 15 is 0 Å². The van der Waals surface area contributed by atoms with E-state index in [0.717, 1.165) is 25.9 Å². The number of hydrogen-bond donors (Lipinski definition) is 1. The molecule has 1 N–H and O–H groups in total. The predicted molar refractivity (Wildman–Crippen MR) is 65.3 cm³/mol. The Balaban J connectivity index is 2.09. The van der Waals surface area contributed by atoms with Gasteiger partial charge in [0.25, 0.3) is 0 Å². The van der Waals surface area contributed by atoms with Crippen LogP contribution in [0, 0.1) is 5.92 Å². The van der Waals surface area contributed by atoms with Crippen LogP contribution in [-0.4, -0.2) is 30.5 Å². The molecule has 0 unspecified atom stereocenters. The number of Topliss-reactive ketones (excluding diaryl/α,β-unsaturated/α-hetero) is 1. The van der Waals surface area contributed by atoms with Gasteiger partial charge in [0, 0.05) is 17.7 Å². The van der Waals surface area contributed by atoms with E-state index in [4.69, 9.17) is 4.74 Å². The van der Waals surface area contributed by atoms with E-state index in [-0.39, 0.29) is 11.7 Å². The highest BCUT2D eigenvalue weighted by atomic mass is 16.5. The van der Waals surface area contributed by atoms with Gasteiger partial charge >= 0.3 is 0 Å². The summed E-state index contributed by atoms with van der Waals surface area (Å²) in [4.78, 5) is 16.3. The number of nitrogens with one attached hydrogen (secondary N) is 1. The maximum Gasteiger partial charge on any atom is 0.167 e. The number of ether oxygens (including phenoxy) is 1. The zero-order chi connectivity index (χ0) is 12.1. The van der Waals surface area contributed by atoms with E-state index in [1.54, 1.807) is 18.5 Å². The summed E-state index contributed by atoms with van der Waals surface area (Å²) in [6.07, 6.45) is 5.10. The summed E-state index contributed by atoms with van der Waals surface area (Å²) < 4.78 is 5.36. The van der Waals surface area contributed by atoms with Gasteiger partial charge in [-0.1, -0.05) is 0 Å². The number of aromatic nitrogens is 1. The molecule has 0 aliphatic carbocycles. The van der Waals surface area contributed by atoms with Crippen molar-refractivity contribution in [2.24, 2.45) is 5.92 Å². The third-order valence-corrected chi connectivity index (χ3v) is 3.02. The zero-order valence-electron chi connectivity index (χ0n) is 10.1. The number of pyridine rings is 1. The maximum absolute atomic E-state index is 12.2. The summed E-state index contributed by atoms with van der Waals surface area (Å²) in [5, 5.41) is 3.26. The molecule has 1 saturated heterocycles. The lowest BCUT2D eigenvalue weighted by molar-refractivity contribution is 0.0894. The number of carbonyl (C=O) groups excluding carboxylic acids is 1. The largest absolute Gasteiger partial charge is 0.492 e. The van der Waals surface area contributed by atoms with Crippen LogP contribution < -0.4 is 10.1 Å². The van der Waals surface area contributed by atoms with Gasteiger partial charge in [-0.3, -0.25) is 9.78 Å². The Kier molecular flexibility index (Phi) is 4.09. The van der Waals surface area contributed by atoms with E-state index in [1.165, 1.54) is 0 Å². The number of ketones is 1. The third kappa shape index (κ3) is 3.03. The molecular formula is C13H18N2O2. The number of hydrogen-bond acceptors (Lipinski definition) is 4. The van der Waals surface area contributed by atoms with E-state index in [2.05, 4.69) is 10.3 Å². The Bertz CT molecular complexity index is 387. The van der Waals surface area contributed by atoms with Crippen molar-refractivity contribution in [3.63, 3.8) is 0 Å². The molecule has 0 radical (unpaired) electrons. The van der Waals surface area contributed by atoms with E-state index in [1.807, 2.05) is 6.92 Å². The molecule has 2 heterocycles. The van der Waals surface area contributed by atoms with Gasteiger partial charge in [0.1, 0.15) is 5.75 Å². The van der Waals surface area contributed by atoms with Crippen LogP contribution in [-0.2, 0) is 0 Å². The highest BCUT2D eigenvalue weighted by molar-refractivity contribution is 5.97. The quantitative estimate of drug-likeness (QED) is 0.805. The van der Waals surface area contributed by atoms with Gasteiger partial charge in [-0.05, 0) is 38.9 Å². The Labute approximate surface area is 101 Å². The third-order valence-electron chi connectivity index (χ3n) is 3.02. The van der Waals surface area contributed by atoms with Crippen molar-refractivity contribution >= 4 is 5.78 Å². The van der Waals surface area contributed by atoms with Crippen LogP contribution >= 0.6 is 0 Å². The molecule has 0 atom stereocenters. The molecule has 1 aromatic heterocycles. The monoisotopic (exact) mass is 234 g/mol. The van der Waals surface area contributed by atoms with Crippen LogP contribution in [0.25, 0.3) is 0 Å². The molecule has 0 saturated carbocycles. The molecule has 4 nitrogen and oxygen atoms in total. The number of rotatable bonds is 4. The van der Waals surface area contributed by atoms with Crippen molar-refractivity contribution in [1.29, 1.82) is 0 Å². The second-order valence-corrected chi connectivity index (χ2v) is 4.23. The summed E-state index contributed by atoms with van der Waals surface area (Å²) in [6.45, 7) is 4.36. The lowest BCUT2D eigenvalue weighted by Crippen LogP contribution is -2.31. The summed E-state index contributed by atoms with van der Waals surface area (Å²) >= 11 is 0. The molecule has 1 aliphatic rings. The SMILES string of the molecule is CCOc1cncc(C(=O)C2CCNCC2)c1. The first kappa shape index (κ1) is 12.0. The van der Waals surface area contributed by atoms with Gasteiger partial charge in [0.15, 0.2) is 5.78 Å². The fourth-order valence-electron chi connectivity index (χ4n) is 2.12. The lowest BCUT2D eigenvalue weighted by Gasteiger charge is -2.21. The summed E-state index contributed by atoms with van der Waals surface area (Å²) in [7, 11) is 0. The van der Waals surface area contributed by atoms with Gasteiger partial charge in [0.05, 0.1) is 12.8 Å². The van der Waals surface area contributed by atoms with Crippen molar-refractivity contribution in [3.8, 4) is 5.75 Å². The predicted octanol–water partition coefficient (Wildman–Crippen LogP) is 1.66. The zero-order valence-corrected chi connectivity index (χ0v) is 10.1. The standard InChI is InChI=1S/C13H18N2O2/c1-2-17-12-7-11(8-15-9-12)13(16)10-3-5-14-6-4-10/h7-10,14H,2-6H2,1H3. The van der Waals surface area contributed by atoms with E-state index in [9.17, 15) is 4.79 Å². The van der Waals surface area contributed by atoms with Crippen LogP contribution in [0.1, 0.15) is 30.1 Å². The Morgan fingerprint density at radius 1 is 1.47 bits per heavy atom. The molecular weight excluding hydrogens is 216 g/mol. The average molecular weight is 234 g/mol.